The van der Waals surface area contributed by atoms with Crippen LogP contribution in [-0.4, -0.2) is 22.4 Å². The van der Waals surface area contributed by atoms with Crippen LogP contribution in [0.5, 0.6) is 0 Å². The summed E-state index contributed by atoms with van der Waals surface area (Å²) >= 11 is 0. The Morgan fingerprint density at radius 1 is 1.44 bits per heavy atom. The van der Waals surface area contributed by atoms with Crippen molar-refractivity contribution in [2.24, 2.45) is 0 Å². The van der Waals surface area contributed by atoms with E-state index in [1.54, 1.807) is 11.6 Å². The molecule has 0 aliphatic carbocycles. The molecular weight excluding hydrogens is 204 g/mol. The summed E-state index contributed by atoms with van der Waals surface area (Å²) in [4.78, 5) is 11.7. The highest BCUT2D eigenvalue weighted by Crippen LogP contribution is 2.18. The molecule has 1 aromatic rings. The minimum atomic E-state index is -0.296. The van der Waals surface area contributed by atoms with Crippen molar-refractivity contribution in [3.63, 3.8) is 0 Å². The first kappa shape index (κ1) is 12.7. The zero-order valence-corrected chi connectivity index (χ0v) is 10.7. The zero-order chi connectivity index (χ0) is 12.3. The molecule has 0 bridgehead atoms. The van der Waals surface area contributed by atoms with Crippen LogP contribution >= 0.6 is 0 Å². The van der Waals surface area contributed by atoms with Crippen molar-refractivity contribution < 1.29 is 9.53 Å². The SMILES string of the molecule is CCOC(=O)c1cc(C(C)C)nn1C(C)C. The molecule has 4 heteroatoms. The number of esters is 1. The number of carbonyl (C=O) groups is 1. The van der Waals surface area contributed by atoms with E-state index < -0.39 is 0 Å². The van der Waals surface area contributed by atoms with Gasteiger partial charge in [-0.1, -0.05) is 13.8 Å². The fourth-order valence-corrected chi connectivity index (χ4v) is 1.45. The summed E-state index contributed by atoms with van der Waals surface area (Å²) in [5, 5.41) is 4.43. The Morgan fingerprint density at radius 3 is 2.50 bits per heavy atom. The standard InChI is InChI=1S/C12H20N2O2/c1-6-16-12(15)11-7-10(8(2)3)13-14(11)9(4)5/h7-9H,6H2,1-5H3. The van der Waals surface area contributed by atoms with E-state index in [9.17, 15) is 4.79 Å². The molecule has 0 atom stereocenters. The topological polar surface area (TPSA) is 44.1 Å². The molecule has 0 spiro atoms. The number of aromatic nitrogens is 2. The molecule has 0 N–H and O–H groups in total. The van der Waals surface area contributed by atoms with E-state index >= 15 is 0 Å². The molecule has 0 saturated carbocycles. The van der Waals surface area contributed by atoms with Crippen molar-refractivity contribution in [2.45, 2.75) is 46.6 Å². The number of nitrogens with zero attached hydrogens (tertiary/aromatic N) is 2. The normalized spacial score (nSPS) is 11.2. The second kappa shape index (κ2) is 5.14. The molecule has 16 heavy (non-hydrogen) atoms. The van der Waals surface area contributed by atoms with Crippen molar-refractivity contribution in [1.29, 1.82) is 0 Å². The maximum atomic E-state index is 11.7. The van der Waals surface area contributed by atoms with Gasteiger partial charge in [-0.15, -0.1) is 0 Å². The average molecular weight is 224 g/mol. The minimum absolute atomic E-state index is 0.159. The largest absolute Gasteiger partial charge is 0.461 e. The van der Waals surface area contributed by atoms with Gasteiger partial charge >= 0.3 is 5.97 Å². The smallest absolute Gasteiger partial charge is 0.356 e. The van der Waals surface area contributed by atoms with Crippen LogP contribution in [0.25, 0.3) is 0 Å². The van der Waals surface area contributed by atoms with E-state index in [1.807, 2.05) is 19.9 Å². The molecule has 1 aromatic heterocycles. The average Bonchev–Trinajstić information content (AvgIpc) is 2.62. The molecule has 0 unspecified atom stereocenters. The molecule has 0 aromatic carbocycles. The molecule has 0 aliphatic heterocycles. The number of carbonyl (C=O) groups excluding carboxylic acids is 1. The lowest BCUT2D eigenvalue weighted by Gasteiger charge is -2.09. The van der Waals surface area contributed by atoms with Gasteiger partial charge in [0.15, 0.2) is 0 Å². The molecular formula is C12H20N2O2. The van der Waals surface area contributed by atoms with Crippen LogP contribution in [0.15, 0.2) is 6.07 Å². The quantitative estimate of drug-likeness (QED) is 0.739. The Labute approximate surface area is 96.6 Å². The third-order valence-electron chi connectivity index (χ3n) is 2.32. The first-order valence-electron chi connectivity index (χ1n) is 5.73. The fourth-order valence-electron chi connectivity index (χ4n) is 1.45. The Hall–Kier alpha value is -1.32. The highest BCUT2D eigenvalue weighted by Gasteiger charge is 2.19. The number of hydrogen-bond acceptors (Lipinski definition) is 3. The van der Waals surface area contributed by atoms with Gasteiger partial charge in [0.1, 0.15) is 5.69 Å². The third-order valence-corrected chi connectivity index (χ3v) is 2.32. The summed E-state index contributed by atoms with van der Waals surface area (Å²) in [7, 11) is 0. The van der Waals surface area contributed by atoms with Crippen molar-refractivity contribution in [2.75, 3.05) is 6.61 Å². The van der Waals surface area contributed by atoms with Gasteiger partial charge < -0.3 is 4.74 Å². The minimum Gasteiger partial charge on any atom is -0.461 e. The highest BCUT2D eigenvalue weighted by molar-refractivity contribution is 5.87. The summed E-state index contributed by atoms with van der Waals surface area (Å²) in [6.45, 7) is 10.3. The van der Waals surface area contributed by atoms with Crippen LogP contribution in [0.2, 0.25) is 0 Å². The molecule has 0 aliphatic rings. The number of ether oxygens (including phenoxy) is 1. The maximum absolute atomic E-state index is 11.7. The predicted octanol–water partition coefficient (Wildman–Crippen LogP) is 2.76. The van der Waals surface area contributed by atoms with Crippen molar-refractivity contribution >= 4 is 5.97 Å². The lowest BCUT2D eigenvalue weighted by atomic mass is 10.1. The second-order valence-electron chi connectivity index (χ2n) is 4.37. The first-order valence-corrected chi connectivity index (χ1v) is 5.73. The summed E-state index contributed by atoms with van der Waals surface area (Å²) in [6, 6.07) is 1.98. The van der Waals surface area contributed by atoms with Gasteiger partial charge in [0.05, 0.1) is 12.3 Å². The van der Waals surface area contributed by atoms with Crippen LogP contribution in [0, 0.1) is 0 Å². The molecule has 1 heterocycles. The van der Waals surface area contributed by atoms with E-state index in [1.165, 1.54) is 0 Å². The van der Waals surface area contributed by atoms with Gasteiger partial charge in [-0.2, -0.15) is 5.10 Å². The van der Waals surface area contributed by atoms with E-state index in [0.717, 1.165) is 5.69 Å². The van der Waals surface area contributed by atoms with Crippen LogP contribution < -0.4 is 0 Å². The van der Waals surface area contributed by atoms with E-state index in [-0.39, 0.29) is 12.0 Å². The van der Waals surface area contributed by atoms with Crippen LogP contribution in [0.3, 0.4) is 0 Å². The van der Waals surface area contributed by atoms with Gasteiger partial charge in [0, 0.05) is 6.04 Å². The van der Waals surface area contributed by atoms with Crippen LogP contribution in [-0.2, 0) is 4.74 Å². The van der Waals surface area contributed by atoms with Crippen LogP contribution in [0.4, 0.5) is 0 Å². The molecule has 4 nitrogen and oxygen atoms in total. The zero-order valence-electron chi connectivity index (χ0n) is 10.7. The number of hydrogen-bond donors (Lipinski definition) is 0. The van der Waals surface area contributed by atoms with Crippen molar-refractivity contribution in [3.05, 3.63) is 17.5 Å². The molecule has 0 saturated heterocycles. The Morgan fingerprint density at radius 2 is 2.06 bits per heavy atom. The summed E-state index contributed by atoms with van der Waals surface area (Å²) < 4.78 is 6.74. The van der Waals surface area contributed by atoms with Crippen molar-refractivity contribution in [1.82, 2.24) is 9.78 Å². The first-order chi connectivity index (χ1) is 7.47. The summed E-state index contributed by atoms with van der Waals surface area (Å²) in [6.07, 6.45) is 0. The highest BCUT2D eigenvalue weighted by atomic mass is 16.5. The fraction of sp³-hybridized carbons (Fsp3) is 0.667. The third kappa shape index (κ3) is 2.62. The molecule has 0 amide bonds. The Balaban J connectivity index is 3.10. The molecule has 1 rings (SSSR count). The summed E-state index contributed by atoms with van der Waals surface area (Å²) in [5.74, 6) is 0.0174. The van der Waals surface area contributed by atoms with Crippen LogP contribution in [0.1, 0.15) is 62.8 Å². The Kier molecular flexibility index (Phi) is 4.10. The predicted molar refractivity (Wildman–Crippen MR) is 62.7 cm³/mol. The van der Waals surface area contributed by atoms with Crippen molar-refractivity contribution in [3.8, 4) is 0 Å². The molecule has 0 radical (unpaired) electrons. The van der Waals surface area contributed by atoms with Gasteiger partial charge in [0.25, 0.3) is 0 Å². The van der Waals surface area contributed by atoms with E-state index in [0.29, 0.717) is 18.2 Å². The maximum Gasteiger partial charge on any atom is 0.356 e. The van der Waals surface area contributed by atoms with E-state index in [4.69, 9.17) is 4.74 Å². The van der Waals surface area contributed by atoms with Gasteiger partial charge in [-0.05, 0) is 32.8 Å². The Bertz CT molecular complexity index is 367. The van der Waals surface area contributed by atoms with E-state index in [2.05, 4.69) is 18.9 Å². The lowest BCUT2D eigenvalue weighted by Crippen LogP contribution is -2.14. The number of rotatable bonds is 4. The molecule has 0 fully saturated rings. The van der Waals surface area contributed by atoms with Gasteiger partial charge in [-0.3, -0.25) is 4.68 Å². The molecule has 90 valence electrons. The van der Waals surface area contributed by atoms with Gasteiger partial charge in [-0.25, -0.2) is 4.79 Å². The second-order valence-corrected chi connectivity index (χ2v) is 4.37. The monoisotopic (exact) mass is 224 g/mol. The lowest BCUT2D eigenvalue weighted by molar-refractivity contribution is 0.0510. The van der Waals surface area contributed by atoms with Gasteiger partial charge in [0.2, 0.25) is 0 Å². The summed E-state index contributed by atoms with van der Waals surface area (Å²) in [5.41, 5.74) is 1.47.